The fourth-order valence-corrected chi connectivity index (χ4v) is 4.71. The number of thioether (sulfide) groups is 1. The van der Waals surface area contributed by atoms with Crippen LogP contribution < -0.4 is 0 Å². The van der Waals surface area contributed by atoms with Gasteiger partial charge in [0, 0.05) is 34.8 Å². The molecule has 5 rings (SSSR count). The van der Waals surface area contributed by atoms with Crippen LogP contribution in [-0.4, -0.2) is 44.0 Å². The fourth-order valence-electron chi connectivity index (χ4n) is 3.87. The smallest absolute Gasteiger partial charge is 0.192 e. The van der Waals surface area contributed by atoms with E-state index in [9.17, 15) is 9.18 Å². The number of aromatic amines is 1. The first-order valence-electron chi connectivity index (χ1n) is 10.2. The summed E-state index contributed by atoms with van der Waals surface area (Å²) in [6.45, 7) is 1.35. The van der Waals surface area contributed by atoms with Crippen molar-refractivity contribution in [1.29, 1.82) is 0 Å². The first-order valence-corrected chi connectivity index (χ1v) is 11.2. The molecule has 3 heterocycles. The number of aromatic nitrogens is 4. The zero-order chi connectivity index (χ0) is 21.2. The van der Waals surface area contributed by atoms with Gasteiger partial charge in [-0.25, -0.2) is 4.39 Å². The molecule has 0 spiro atoms. The van der Waals surface area contributed by atoms with Crippen molar-refractivity contribution in [3.63, 3.8) is 0 Å². The molecule has 0 bridgehead atoms. The number of benzene rings is 2. The van der Waals surface area contributed by atoms with E-state index in [2.05, 4.69) is 15.2 Å². The minimum absolute atomic E-state index is 0.0254. The van der Waals surface area contributed by atoms with Gasteiger partial charge in [-0.05, 0) is 43.2 Å². The monoisotopic (exact) mass is 436 g/mol. The Hall–Kier alpha value is -2.97. The van der Waals surface area contributed by atoms with Crippen LogP contribution in [0.1, 0.15) is 23.2 Å². The van der Waals surface area contributed by atoms with E-state index in [1.807, 2.05) is 28.8 Å². The van der Waals surface area contributed by atoms with Gasteiger partial charge in [0.25, 0.3) is 0 Å². The Balaban J connectivity index is 1.40. The molecule has 8 heteroatoms. The third-order valence-electron chi connectivity index (χ3n) is 5.45. The summed E-state index contributed by atoms with van der Waals surface area (Å²) in [6, 6.07) is 14.0. The number of ether oxygens (including phenoxy) is 1. The van der Waals surface area contributed by atoms with E-state index >= 15 is 0 Å². The van der Waals surface area contributed by atoms with Crippen LogP contribution in [-0.2, 0) is 11.3 Å². The summed E-state index contributed by atoms with van der Waals surface area (Å²) < 4.78 is 21.2. The molecular formula is C23H21FN4O2S. The molecule has 1 fully saturated rings. The van der Waals surface area contributed by atoms with Gasteiger partial charge < -0.3 is 9.72 Å². The van der Waals surface area contributed by atoms with E-state index in [4.69, 9.17) is 4.74 Å². The number of Topliss-reactive ketones (excluding diaryl/α,β-unsaturated/α-hetero) is 1. The minimum atomic E-state index is -0.298. The highest BCUT2D eigenvalue weighted by Crippen LogP contribution is 2.28. The number of hydrogen-bond donors (Lipinski definition) is 1. The van der Waals surface area contributed by atoms with Gasteiger partial charge >= 0.3 is 0 Å². The first-order chi connectivity index (χ1) is 15.2. The third-order valence-corrected chi connectivity index (χ3v) is 6.42. The van der Waals surface area contributed by atoms with Crippen molar-refractivity contribution in [2.24, 2.45) is 0 Å². The Morgan fingerprint density at radius 1 is 1.19 bits per heavy atom. The second kappa shape index (κ2) is 8.64. The van der Waals surface area contributed by atoms with E-state index in [-0.39, 0.29) is 23.5 Å². The Labute approximate surface area is 182 Å². The summed E-state index contributed by atoms with van der Waals surface area (Å²) in [6.07, 6.45) is 3.84. The number of fused-ring (bicyclic) bond motifs is 1. The molecule has 0 amide bonds. The molecule has 31 heavy (non-hydrogen) atoms. The van der Waals surface area contributed by atoms with Crippen LogP contribution in [0.25, 0.3) is 22.3 Å². The zero-order valence-corrected chi connectivity index (χ0v) is 17.6. The minimum Gasteiger partial charge on any atom is -0.376 e. The highest BCUT2D eigenvalue weighted by atomic mass is 32.2. The SMILES string of the molecule is O=C(CSc1nnc(-c2ccc(F)cc2)n1C[C@H]1CCCO1)c1c[nH]c2ccccc12. The number of hydrogen-bond acceptors (Lipinski definition) is 5. The number of para-hydroxylation sites is 1. The van der Waals surface area contributed by atoms with Gasteiger partial charge in [-0.1, -0.05) is 30.0 Å². The molecule has 6 nitrogen and oxygen atoms in total. The van der Waals surface area contributed by atoms with Crippen LogP contribution in [0.5, 0.6) is 0 Å². The van der Waals surface area contributed by atoms with Crippen LogP contribution in [0.15, 0.2) is 59.9 Å². The van der Waals surface area contributed by atoms with E-state index in [0.717, 1.165) is 35.9 Å². The van der Waals surface area contributed by atoms with Crippen molar-refractivity contribution < 1.29 is 13.9 Å². The van der Waals surface area contributed by atoms with Crippen LogP contribution in [0.3, 0.4) is 0 Å². The number of ketones is 1. The van der Waals surface area contributed by atoms with Gasteiger partial charge in [-0.3, -0.25) is 9.36 Å². The van der Waals surface area contributed by atoms with Gasteiger partial charge in [0.15, 0.2) is 16.8 Å². The molecule has 4 aromatic rings. The van der Waals surface area contributed by atoms with Crippen LogP contribution in [0.2, 0.25) is 0 Å². The number of rotatable bonds is 7. The normalized spacial score (nSPS) is 16.2. The average molecular weight is 437 g/mol. The Morgan fingerprint density at radius 3 is 2.84 bits per heavy atom. The molecule has 1 aliphatic rings. The quantitative estimate of drug-likeness (QED) is 0.335. The largest absolute Gasteiger partial charge is 0.376 e. The van der Waals surface area contributed by atoms with Gasteiger partial charge in [0.05, 0.1) is 18.4 Å². The molecule has 0 saturated carbocycles. The molecule has 0 aliphatic carbocycles. The Morgan fingerprint density at radius 2 is 2.03 bits per heavy atom. The van der Waals surface area contributed by atoms with Gasteiger partial charge in [0.2, 0.25) is 0 Å². The lowest BCUT2D eigenvalue weighted by atomic mass is 10.1. The van der Waals surface area contributed by atoms with E-state index in [1.165, 1.54) is 23.9 Å². The molecule has 2 aromatic carbocycles. The van der Waals surface area contributed by atoms with Gasteiger partial charge in [-0.2, -0.15) is 0 Å². The Bertz CT molecular complexity index is 1210. The lowest BCUT2D eigenvalue weighted by Gasteiger charge is -2.14. The van der Waals surface area contributed by atoms with Crippen molar-refractivity contribution in [1.82, 2.24) is 19.7 Å². The maximum Gasteiger partial charge on any atom is 0.192 e. The highest BCUT2D eigenvalue weighted by molar-refractivity contribution is 7.99. The number of nitrogens with zero attached hydrogens (tertiary/aromatic N) is 3. The highest BCUT2D eigenvalue weighted by Gasteiger charge is 2.23. The summed E-state index contributed by atoms with van der Waals surface area (Å²) in [7, 11) is 0. The van der Waals surface area contributed by atoms with E-state index in [0.29, 0.717) is 23.1 Å². The summed E-state index contributed by atoms with van der Waals surface area (Å²) in [4.78, 5) is 16.0. The summed E-state index contributed by atoms with van der Waals surface area (Å²) in [5.41, 5.74) is 2.39. The average Bonchev–Trinajstić information content (AvgIpc) is 3.53. The molecule has 0 radical (unpaired) electrons. The molecule has 1 N–H and O–H groups in total. The number of H-pyrrole nitrogens is 1. The van der Waals surface area contributed by atoms with Crippen LogP contribution in [0, 0.1) is 5.82 Å². The predicted octanol–water partition coefficient (Wildman–Crippen LogP) is 4.72. The second-order valence-corrected chi connectivity index (χ2v) is 8.46. The zero-order valence-electron chi connectivity index (χ0n) is 16.8. The van der Waals surface area contributed by atoms with Gasteiger partial charge in [0.1, 0.15) is 5.82 Å². The fraction of sp³-hybridized carbons (Fsp3) is 0.261. The Kier molecular flexibility index (Phi) is 5.57. The van der Waals surface area contributed by atoms with Crippen molar-refractivity contribution in [3.8, 4) is 11.4 Å². The maximum absolute atomic E-state index is 13.4. The molecule has 1 aliphatic heterocycles. The lowest BCUT2D eigenvalue weighted by molar-refractivity contribution is 0.0953. The van der Waals surface area contributed by atoms with E-state index in [1.54, 1.807) is 18.3 Å². The van der Waals surface area contributed by atoms with Gasteiger partial charge in [-0.15, -0.1) is 10.2 Å². The second-order valence-electron chi connectivity index (χ2n) is 7.52. The molecule has 1 saturated heterocycles. The standard InChI is InChI=1S/C23H21FN4O2S/c24-16-9-7-15(8-10-16)22-26-27-23(28(22)13-17-4-3-11-30-17)31-14-21(29)19-12-25-20-6-2-1-5-18(19)20/h1-2,5-10,12,17,25H,3-4,11,13-14H2/t17-/m1/s1. The predicted molar refractivity (Wildman–Crippen MR) is 118 cm³/mol. The lowest BCUT2D eigenvalue weighted by Crippen LogP contribution is -2.17. The summed E-state index contributed by atoms with van der Waals surface area (Å²) >= 11 is 1.36. The van der Waals surface area contributed by atoms with Crippen molar-refractivity contribution in [2.75, 3.05) is 12.4 Å². The molecule has 0 unspecified atom stereocenters. The maximum atomic E-state index is 13.4. The molecular weight excluding hydrogens is 415 g/mol. The van der Waals surface area contributed by atoms with Crippen LogP contribution in [0.4, 0.5) is 4.39 Å². The first kappa shape index (κ1) is 20.0. The topological polar surface area (TPSA) is 72.8 Å². The number of carbonyl (C=O) groups is 1. The van der Waals surface area contributed by atoms with Crippen molar-refractivity contribution in [2.45, 2.75) is 30.6 Å². The van der Waals surface area contributed by atoms with Crippen molar-refractivity contribution >= 4 is 28.4 Å². The van der Waals surface area contributed by atoms with E-state index < -0.39 is 0 Å². The number of halogens is 1. The number of carbonyl (C=O) groups excluding carboxylic acids is 1. The molecule has 1 atom stereocenters. The molecule has 2 aromatic heterocycles. The third kappa shape index (κ3) is 4.13. The summed E-state index contributed by atoms with van der Waals surface area (Å²) in [5, 5.41) is 10.3. The van der Waals surface area contributed by atoms with Crippen molar-refractivity contribution in [3.05, 3.63) is 66.1 Å². The summed E-state index contributed by atoms with van der Waals surface area (Å²) in [5.74, 6) is 0.623. The molecule has 158 valence electrons. The number of nitrogens with one attached hydrogen (secondary N) is 1. The van der Waals surface area contributed by atoms with Crippen LogP contribution >= 0.6 is 11.8 Å².